The average molecular weight is 1110 g/mol. The van der Waals surface area contributed by atoms with Crippen LogP contribution in [0.3, 0.4) is 0 Å². The maximum absolute atomic E-state index is 16.9. The molecule has 1 N–H and O–H groups in total. The van der Waals surface area contributed by atoms with Gasteiger partial charge in [-0.1, -0.05) is 36.3 Å². The normalized spacial score (nSPS) is 21.1. The van der Waals surface area contributed by atoms with Gasteiger partial charge in [-0.05, 0) is 132 Å². The van der Waals surface area contributed by atoms with E-state index in [0.29, 0.717) is 110 Å². The van der Waals surface area contributed by atoms with Crippen LogP contribution in [-0.2, 0) is 27.7 Å². The Bertz CT molecular complexity index is 3380. The molecule has 3 unspecified atom stereocenters. The summed E-state index contributed by atoms with van der Waals surface area (Å²) < 4.78 is 81.4. The van der Waals surface area contributed by atoms with E-state index in [2.05, 4.69) is 32.7 Å². The highest BCUT2D eigenvalue weighted by Crippen LogP contribution is 2.44. The summed E-state index contributed by atoms with van der Waals surface area (Å²) in [6, 6.07) is 14.3. The molecule has 428 valence electrons. The van der Waals surface area contributed by atoms with Gasteiger partial charge in [0.2, 0.25) is 5.91 Å². The van der Waals surface area contributed by atoms with Crippen molar-refractivity contribution in [3.05, 3.63) is 89.8 Å². The fourth-order valence-corrected chi connectivity index (χ4v) is 13.8. The second-order valence-electron chi connectivity index (χ2n) is 22.8. The highest BCUT2D eigenvalue weighted by molar-refractivity contribution is 6.03. The molecule has 3 aromatic heterocycles. The molecule has 0 saturated carbocycles. The van der Waals surface area contributed by atoms with E-state index in [1.807, 2.05) is 37.4 Å². The predicted molar refractivity (Wildman–Crippen MR) is 305 cm³/mol. The highest BCUT2D eigenvalue weighted by atomic mass is 19.3. The van der Waals surface area contributed by atoms with Crippen molar-refractivity contribution in [2.75, 3.05) is 89.6 Å². The number of pyridine rings is 1. The molecule has 0 spiro atoms. The van der Waals surface area contributed by atoms with Crippen molar-refractivity contribution in [2.24, 2.45) is 18.9 Å². The number of halogens is 4. The van der Waals surface area contributed by atoms with Crippen LogP contribution in [0.1, 0.15) is 99.9 Å². The molecule has 81 heavy (non-hydrogen) atoms. The van der Waals surface area contributed by atoms with Crippen LogP contribution in [0.4, 0.5) is 33.9 Å². The number of likely N-dealkylation sites (N-methyl/N-ethyl adjacent to an activating group) is 1. The number of rotatable bonds is 12. The van der Waals surface area contributed by atoms with Crippen molar-refractivity contribution in [1.29, 1.82) is 0 Å². The first-order chi connectivity index (χ1) is 39.2. The fourth-order valence-electron chi connectivity index (χ4n) is 13.8. The topological polar surface area (TPSA) is 143 Å². The molecule has 15 nitrogen and oxygen atoms in total. The van der Waals surface area contributed by atoms with Crippen molar-refractivity contribution in [2.45, 2.75) is 107 Å². The summed E-state index contributed by atoms with van der Waals surface area (Å²) in [6.07, 6.45) is 17.5. The van der Waals surface area contributed by atoms with Gasteiger partial charge in [-0.15, -0.1) is 13.0 Å². The molecule has 3 atom stereocenters. The number of nitrogens with zero attached hydrogens (tertiary/aromatic N) is 9. The third kappa shape index (κ3) is 10.9. The Morgan fingerprint density at radius 1 is 0.975 bits per heavy atom. The molecular formula is C62H72F4N10O5. The molecule has 6 aliphatic rings. The molecule has 6 aromatic rings. The van der Waals surface area contributed by atoms with E-state index in [1.54, 1.807) is 39.7 Å². The lowest BCUT2D eigenvalue weighted by Crippen LogP contribution is -2.49. The number of alkyl halides is 2. The second kappa shape index (κ2) is 23.4. The monoisotopic (exact) mass is 1110 g/mol. The Hall–Kier alpha value is -7.04. The first-order valence-electron chi connectivity index (χ1n) is 28.8. The number of likely N-dealkylation sites (tertiary alicyclic amines) is 1. The number of methoxy groups -OCH3 is 1. The van der Waals surface area contributed by atoms with Crippen LogP contribution in [0, 0.1) is 35.8 Å². The van der Waals surface area contributed by atoms with Gasteiger partial charge in [-0.3, -0.25) is 14.4 Å². The van der Waals surface area contributed by atoms with Gasteiger partial charge in [0.05, 0.1) is 65.6 Å². The summed E-state index contributed by atoms with van der Waals surface area (Å²) in [7, 11) is 4.79. The molecule has 5 saturated heterocycles. The lowest BCUT2D eigenvalue weighted by Gasteiger charge is -2.41. The van der Waals surface area contributed by atoms with Crippen LogP contribution in [-0.4, -0.2) is 144 Å². The molecule has 3 aromatic carbocycles. The van der Waals surface area contributed by atoms with Gasteiger partial charge in [0, 0.05) is 74.8 Å². The number of amides is 2. The molecule has 9 heterocycles. The number of anilines is 2. The number of hydrogen-bond donors (Lipinski definition) is 1. The predicted octanol–water partition coefficient (Wildman–Crippen LogP) is 10.4. The van der Waals surface area contributed by atoms with Gasteiger partial charge in [0.15, 0.2) is 5.82 Å². The zero-order valence-corrected chi connectivity index (χ0v) is 46.6. The lowest BCUT2D eigenvalue weighted by atomic mass is 9.81. The highest BCUT2D eigenvalue weighted by Gasteiger charge is 2.47. The molecule has 19 heteroatoms. The van der Waals surface area contributed by atoms with E-state index in [9.17, 15) is 14.0 Å². The number of carbonyl (C=O) groups excluding carboxylic acids is 2. The Morgan fingerprint density at radius 2 is 1.78 bits per heavy atom. The zero-order valence-electron chi connectivity index (χ0n) is 46.6. The van der Waals surface area contributed by atoms with E-state index < -0.39 is 29.4 Å². The summed E-state index contributed by atoms with van der Waals surface area (Å²) in [5, 5.41) is 10.0. The van der Waals surface area contributed by atoms with E-state index in [-0.39, 0.29) is 58.8 Å². The fraction of sp³-hybridized carbons (Fsp3) is 0.516. The number of hydrogen-bond acceptors (Lipinski definition) is 12. The number of aromatic nitrogens is 5. The SMILES string of the molecule is C#Cc1c(F)ccc2cccc(-c3nc4c5c(nc(OCC67CCCN6CCC7)nc5c3F)N3CCCOCC3CC4)c12.C=CCCC(C(=O)NC)c1nn(C)c2cc(N3CCC(CC4CCN(C(=O)OC)CC4)C(F)(F)C3)ccc12. The molecule has 6 aliphatic heterocycles. The van der Waals surface area contributed by atoms with Crippen LogP contribution in [0.5, 0.6) is 6.01 Å². The number of piperidine rings is 2. The summed E-state index contributed by atoms with van der Waals surface area (Å²) in [5.74, 6) is -1.77. The van der Waals surface area contributed by atoms with Gasteiger partial charge in [0.1, 0.15) is 29.5 Å². The van der Waals surface area contributed by atoms with E-state index in [4.69, 9.17) is 35.6 Å². The summed E-state index contributed by atoms with van der Waals surface area (Å²) in [5.41, 5.74) is 3.77. The van der Waals surface area contributed by atoms with Crippen molar-refractivity contribution in [1.82, 2.24) is 39.8 Å². The van der Waals surface area contributed by atoms with Crippen LogP contribution in [0.2, 0.25) is 0 Å². The van der Waals surface area contributed by atoms with Crippen LogP contribution < -0.4 is 19.9 Å². The number of nitrogens with one attached hydrogen (secondary N) is 1. The molecule has 0 aliphatic carbocycles. The molecule has 5 fully saturated rings. The summed E-state index contributed by atoms with van der Waals surface area (Å²) >= 11 is 0. The largest absolute Gasteiger partial charge is 0.461 e. The molecule has 12 rings (SSSR count). The Morgan fingerprint density at radius 3 is 2.52 bits per heavy atom. The van der Waals surface area contributed by atoms with Crippen molar-refractivity contribution < 1.29 is 41.4 Å². The van der Waals surface area contributed by atoms with Crippen molar-refractivity contribution in [3.63, 3.8) is 0 Å². The number of aryl methyl sites for hydroxylation is 2. The Balaban J connectivity index is 0.000000172. The average Bonchev–Trinajstić information content (AvgIpc) is 4.15. The third-order valence-electron chi connectivity index (χ3n) is 18.1. The van der Waals surface area contributed by atoms with Gasteiger partial charge >= 0.3 is 12.1 Å². The number of ether oxygens (including phenoxy) is 3. The van der Waals surface area contributed by atoms with E-state index in [1.165, 1.54) is 13.2 Å². The van der Waals surface area contributed by atoms with Crippen LogP contribution >= 0.6 is 0 Å². The van der Waals surface area contributed by atoms with E-state index in [0.717, 1.165) is 87.6 Å². The van der Waals surface area contributed by atoms with Gasteiger partial charge in [0.25, 0.3) is 5.92 Å². The minimum atomic E-state index is -2.81. The Labute approximate surface area is 470 Å². The van der Waals surface area contributed by atoms with Crippen LogP contribution in [0.15, 0.2) is 61.2 Å². The van der Waals surface area contributed by atoms with Gasteiger partial charge in [-0.25, -0.2) is 27.3 Å². The third-order valence-corrected chi connectivity index (χ3v) is 18.1. The Kier molecular flexibility index (Phi) is 16.2. The maximum atomic E-state index is 16.9. The molecule has 0 radical (unpaired) electrons. The molecule has 2 amide bonds. The quantitative estimate of drug-likeness (QED) is 0.0708. The molecular weight excluding hydrogens is 1040 g/mol. The molecule has 0 bridgehead atoms. The zero-order chi connectivity index (χ0) is 56.6. The van der Waals surface area contributed by atoms with E-state index >= 15 is 13.2 Å². The van der Waals surface area contributed by atoms with Crippen molar-refractivity contribution in [3.8, 4) is 29.6 Å². The van der Waals surface area contributed by atoms with Crippen molar-refractivity contribution >= 4 is 56.1 Å². The number of allylic oxidation sites excluding steroid dienone is 1. The first-order valence-corrected chi connectivity index (χ1v) is 28.8. The number of carbonyl (C=O) groups is 2. The standard InChI is InChI=1S/C34H33F2N5O2.C28H39F2N5O3/c1-2-23-25(35)11-9-21-7-3-8-24(27(21)23)30-29(36)31-28-26(37-30)12-10-22-19-42-18-6-17-41(22)32(28)39-33(38-31)43-20-34-13-4-15-40(34)16-5-14-34;1-5-6-7-23(26(36)31-2)25-22-9-8-21(17-24(22)33(3)32-25)35-15-12-20(28(29,30)18-35)16-19-10-13-34(14-11-19)27(37)38-4/h1,3,7-9,11,22H,4-6,10,12-20H2;5,8-9,17,19-20,23H,1,6-7,10-16,18H2,2-4H3,(H,31,36). The summed E-state index contributed by atoms with van der Waals surface area (Å²) in [6.45, 7) is 9.74. The number of terminal acetylenes is 1. The second-order valence-corrected chi connectivity index (χ2v) is 22.8. The first kappa shape index (κ1) is 55.8. The smallest absolute Gasteiger partial charge is 0.409 e. The van der Waals surface area contributed by atoms with Gasteiger partial charge in [-0.2, -0.15) is 15.1 Å². The van der Waals surface area contributed by atoms with Gasteiger partial charge < -0.3 is 34.2 Å². The number of fused-ring (bicyclic) bond motifs is 5. The van der Waals surface area contributed by atoms with Crippen LogP contribution in [0.25, 0.3) is 43.8 Å². The minimum absolute atomic E-state index is 0.00280. The minimum Gasteiger partial charge on any atom is -0.461 e. The number of benzene rings is 3. The lowest BCUT2D eigenvalue weighted by molar-refractivity contribution is -0.122. The maximum Gasteiger partial charge on any atom is 0.409 e. The summed E-state index contributed by atoms with van der Waals surface area (Å²) in [4.78, 5) is 47.1.